The second-order valence-corrected chi connectivity index (χ2v) is 5.90. The van der Waals surface area contributed by atoms with E-state index < -0.39 is 0 Å². The van der Waals surface area contributed by atoms with Gasteiger partial charge in [0, 0.05) is 0 Å². The first-order chi connectivity index (χ1) is 10.8. The summed E-state index contributed by atoms with van der Waals surface area (Å²) in [5, 5.41) is 3.24. The van der Waals surface area contributed by atoms with Crippen molar-refractivity contribution in [1.82, 2.24) is 10.2 Å². The Morgan fingerprint density at radius 1 is 1.05 bits per heavy atom. The first-order valence-corrected chi connectivity index (χ1v) is 7.86. The van der Waals surface area contributed by atoms with Gasteiger partial charge in [-0.15, -0.1) is 0 Å². The zero-order valence-corrected chi connectivity index (χ0v) is 12.9. The summed E-state index contributed by atoms with van der Waals surface area (Å²) >= 11 is 0. The molecule has 0 radical (unpaired) electrons. The first kappa shape index (κ1) is 14.8. The highest BCUT2D eigenvalue weighted by molar-refractivity contribution is 5.82. The fourth-order valence-electron chi connectivity index (χ4n) is 3.13. The maximum Gasteiger partial charge on any atom is 0.238 e. The van der Waals surface area contributed by atoms with Crippen LogP contribution in [-0.4, -0.2) is 30.4 Å². The lowest BCUT2D eigenvalue weighted by Gasteiger charge is -2.24. The monoisotopic (exact) mass is 294 g/mol. The largest absolute Gasteiger partial charge is 0.344 e. The Balaban J connectivity index is 1.85. The van der Waals surface area contributed by atoms with Crippen molar-refractivity contribution in [3.05, 3.63) is 71.8 Å². The van der Waals surface area contributed by atoms with Crippen molar-refractivity contribution < 1.29 is 4.79 Å². The number of benzene rings is 2. The van der Waals surface area contributed by atoms with E-state index in [4.69, 9.17) is 0 Å². The summed E-state index contributed by atoms with van der Waals surface area (Å²) in [6.07, 6.45) is 2.04. The number of hydrogen-bond acceptors (Lipinski definition) is 2. The molecule has 1 N–H and O–H groups in total. The number of rotatable bonds is 4. The van der Waals surface area contributed by atoms with Crippen LogP contribution in [0.4, 0.5) is 0 Å². The van der Waals surface area contributed by atoms with Crippen LogP contribution in [0.5, 0.6) is 0 Å². The van der Waals surface area contributed by atoms with E-state index in [0.717, 1.165) is 30.5 Å². The van der Waals surface area contributed by atoms with Gasteiger partial charge < -0.3 is 5.32 Å². The summed E-state index contributed by atoms with van der Waals surface area (Å²) in [6, 6.07) is 20.2. The molecule has 22 heavy (non-hydrogen) atoms. The molecule has 1 saturated heterocycles. The molecule has 0 saturated carbocycles. The van der Waals surface area contributed by atoms with E-state index in [0.29, 0.717) is 0 Å². The van der Waals surface area contributed by atoms with Gasteiger partial charge in [-0.3, -0.25) is 9.69 Å². The summed E-state index contributed by atoms with van der Waals surface area (Å²) in [4.78, 5) is 14.8. The van der Waals surface area contributed by atoms with Crippen LogP contribution in [0.15, 0.2) is 60.7 Å². The van der Waals surface area contributed by atoms with E-state index in [1.54, 1.807) is 0 Å². The van der Waals surface area contributed by atoms with E-state index in [1.807, 2.05) is 43.4 Å². The van der Waals surface area contributed by atoms with Crippen molar-refractivity contribution in [3.8, 4) is 0 Å². The van der Waals surface area contributed by atoms with Gasteiger partial charge in [-0.05, 0) is 37.6 Å². The molecule has 1 aliphatic rings. The maximum atomic E-state index is 12.7. The molecule has 2 aromatic rings. The third-order valence-corrected chi connectivity index (χ3v) is 4.38. The molecule has 114 valence electrons. The molecule has 3 heteroatoms. The topological polar surface area (TPSA) is 32.3 Å². The second-order valence-electron chi connectivity index (χ2n) is 5.90. The summed E-state index contributed by atoms with van der Waals surface area (Å²) in [7, 11) is 2.03. The number of likely N-dealkylation sites (N-methyl/N-ethyl adjacent to an activating group) is 1. The van der Waals surface area contributed by atoms with Crippen LogP contribution in [-0.2, 0) is 4.79 Å². The van der Waals surface area contributed by atoms with Gasteiger partial charge in [0.1, 0.15) is 0 Å². The lowest BCUT2D eigenvalue weighted by atomic mass is 9.98. The summed E-state index contributed by atoms with van der Waals surface area (Å²) in [5.74, 6) is 0.123. The molecule has 1 fully saturated rings. The standard InChI is InChI=1S/C19H22N2O/c1-21-14-8-13-17(21)19(22)20-18(15-9-4-2-5-10-15)16-11-6-3-7-12-16/h2-7,9-12,17-18H,8,13-14H2,1H3,(H,20,22). The second kappa shape index (κ2) is 6.75. The van der Waals surface area contributed by atoms with Gasteiger partial charge >= 0.3 is 0 Å². The predicted octanol–water partition coefficient (Wildman–Crippen LogP) is 2.99. The third-order valence-electron chi connectivity index (χ3n) is 4.38. The Hall–Kier alpha value is -2.13. The maximum absolute atomic E-state index is 12.7. The number of nitrogens with zero attached hydrogens (tertiary/aromatic N) is 1. The van der Waals surface area contributed by atoms with Gasteiger partial charge in [-0.1, -0.05) is 60.7 Å². The molecule has 3 rings (SSSR count). The average molecular weight is 294 g/mol. The van der Waals surface area contributed by atoms with E-state index in [1.165, 1.54) is 0 Å². The third kappa shape index (κ3) is 3.20. The fourth-order valence-corrected chi connectivity index (χ4v) is 3.13. The molecule has 1 unspecified atom stereocenters. The highest BCUT2D eigenvalue weighted by Crippen LogP contribution is 2.23. The zero-order chi connectivity index (χ0) is 15.4. The molecular formula is C19H22N2O. The van der Waals surface area contributed by atoms with Crippen molar-refractivity contribution in [2.75, 3.05) is 13.6 Å². The van der Waals surface area contributed by atoms with Crippen LogP contribution in [0.1, 0.15) is 30.0 Å². The molecule has 1 aliphatic heterocycles. The van der Waals surface area contributed by atoms with Gasteiger partial charge in [0.2, 0.25) is 5.91 Å². The Labute approximate surface area is 132 Å². The van der Waals surface area contributed by atoms with Gasteiger partial charge in [0.05, 0.1) is 12.1 Å². The zero-order valence-electron chi connectivity index (χ0n) is 12.9. The Morgan fingerprint density at radius 2 is 1.59 bits per heavy atom. The minimum absolute atomic E-state index is 0.00470. The van der Waals surface area contributed by atoms with Crippen LogP contribution in [0.3, 0.4) is 0 Å². The number of likely N-dealkylation sites (tertiary alicyclic amines) is 1. The number of amides is 1. The SMILES string of the molecule is CN1CCCC1C(=O)NC(c1ccccc1)c1ccccc1. The van der Waals surface area contributed by atoms with E-state index >= 15 is 0 Å². The van der Waals surface area contributed by atoms with E-state index in [9.17, 15) is 4.79 Å². The van der Waals surface area contributed by atoms with Crippen LogP contribution < -0.4 is 5.32 Å². The minimum Gasteiger partial charge on any atom is -0.344 e. The van der Waals surface area contributed by atoms with Gasteiger partial charge in [-0.25, -0.2) is 0 Å². The summed E-state index contributed by atoms with van der Waals surface area (Å²) in [5.41, 5.74) is 2.23. The normalized spacial score (nSPS) is 18.5. The fraction of sp³-hybridized carbons (Fsp3) is 0.316. The van der Waals surface area contributed by atoms with Crippen molar-refractivity contribution in [1.29, 1.82) is 0 Å². The number of carbonyl (C=O) groups is 1. The lowest BCUT2D eigenvalue weighted by Crippen LogP contribution is -2.43. The number of nitrogens with one attached hydrogen (secondary N) is 1. The van der Waals surface area contributed by atoms with Gasteiger partial charge in [0.15, 0.2) is 0 Å². The van der Waals surface area contributed by atoms with Crippen LogP contribution >= 0.6 is 0 Å². The Bertz CT molecular complexity index is 572. The Morgan fingerprint density at radius 3 is 2.05 bits per heavy atom. The lowest BCUT2D eigenvalue weighted by molar-refractivity contribution is -0.125. The molecule has 1 amide bonds. The predicted molar refractivity (Wildman–Crippen MR) is 88.5 cm³/mol. The van der Waals surface area contributed by atoms with Crippen molar-refractivity contribution in [2.24, 2.45) is 0 Å². The van der Waals surface area contributed by atoms with Crippen molar-refractivity contribution in [3.63, 3.8) is 0 Å². The molecule has 0 aliphatic carbocycles. The summed E-state index contributed by atoms with van der Waals surface area (Å²) < 4.78 is 0. The molecular weight excluding hydrogens is 272 g/mol. The average Bonchev–Trinajstić information content (AvgIpc) is 3.00. The first-order valence-electron chi connectivity index (χ1n) is 7.86. The van der Waals surface area contributed by atoms with Crippen molar-refractivity contribution >= 4 is 5.91 Å². The van der Waals surface area contributed by atoms with E-state index in [2.05, 4.69) is 34.5 Å². The molecule has 0 aromatic heterocycles. The van der Waals surface area contributed by atoms with Crippen LogP contribution in [0.25, 0.3) is 0 Å². The molecule has 3 nitrogen and oxygen atoms in total. The number of carbonyl (C=O) groups excluding carboxylic acids is 1. The highest BCUT2D eigenvalue weighted by Gasteiger charge is 2.29. The van der Waals surface area contributed by atoms with Crippen molar-refractivity contribution in [2.45, 2.75) is 24.9 Å². The Kier molecular flexibility index (Phi) is 4.54. The smallest absolute Gasteiger partial charge is 0.238 e. The van der Waals surface area contributed by atoms with Crippen LogP contribution in [0, 0.1) is 0 Å². The number of hydrogen-bond donors (Lipinski definition) is 1. The molecule has 0 spiro atoms. The highest BCUT2D eigenvalue weighted by atomic mass is 16.2. The minimum atomic E-state index is -0.0936. The quantitative estimate of drug-likeness (QED) is 0.940. The van der Waals surface area contributed by atoms with E-state index in [-0.39, 0.29) is 18.0 Å². The molecule has 0 bridgehead atoms. The molecule has 1 heterocycles. The molecule has 2 aromatic carbocycles. The molecule has 1 atom stereocenters. The summed E-state index contributed by atoms with van der Waals surface area (Å²) in [6.45, 7) is 0.999. The van der Waals surface area contributed by atoms with Gasteiger partial charge in [-0.2, -0.15) is 0 Å². The van der Waals surface area contributed by atoms with Gasteiger partial charge in [0.25, 0.3) is 0 Å². The van der Waals surface area contributed by atoms with Crippen LogP contribution in [0.2, 0.25) is 0 Å².